The van der Waals surface area contributed by atoms with E-state index in [9.17, 15) is 5.11 Å². The van der Waals surface area contributed by atoms with Crippen LogP contribution in [0.1, 0.15) is 25.8 Å². The maximum absolute atomic E-state index is 9.72. The van der Waals surface area contributed by atoms with Gasteiger partial charge in [-0.05, 0) is 38.5 Å². The molecule has 0 radical (unpaired) electrons. The Balaban J connectivity index is 2.34. The van der Waals surface area contributed by atoms with Gasteiger partial charge >= 0.3 is 0 Å². The standard InChI is InChI=1S/C13H16N2O/c1-13(2)7-12(16)9-15(13)11-5-3-4-10(6-11)8-14/h3-6,12,16H,7,9H2,1-2H3. The molecule has 0 amide bonds. The Kier molecular flexibility index (Phi) is 2.61. The van der Waals surface area contributed by atoms with Crippen LogP contribution in [0.3, 0.4) is 0 Å². The number of anilines is 1. The molecule has 1 heterocycles. The van der Waals surface area contributed by atoms with Crippen molar-refractivity contribution in [1.82, 2.24) is 0 Å². The minimum absolute atomic E-state index is 0.0481. The van der Waals surface area contributed by atoms with Crippen LogP contribution in [-0.4, -0.2) is 23.3 Å². The average Bonchev–Trinajstić information content (AvgIpc) is 2.52. The Bertz CT molecular complexity index is 434. The quantitative estimate of drug-likeness (QED) is 0.780. The van der Waals surface area contributed by atoms with Crippen LogP contribution in [0.25, 0.3) is 0 Å². The fraction of sp³-hybridized carbons (Fsp3) is 0.462. The van der Waals surface area contributed by atoms with E-state index >= 15 is 0 Å². The summed E-state index contributed by atoms with van der Waals surface area (Å²) in [6.07, 6.45) is 0.491. The molecule has 1 N–H and O–H groups in total. The lowest BCUT2D eigenvalue weighted by molar-refractivity contribution is 0.188. The van der Waals surface area contributed by atoms with Crippen molar-refractivity contribution in [3.8, 4) is 6.07 Å². The van der Waals surface area contributed by atoms with E-state index in [2.05, 4.69) is 24.8 Å². The third-order valence-electron chi connectivity index (χ3n) is 3.15. The summed E-state index contributed by atoms with van der Waals surface area (Å²) >= 11 is 0. The maximum Gasteiger partial charge on any atom is 0.0992 e. The van der Waals surface area contributed by atoms with Crippen LogP contribution in [0.2, 0.25) is 0 Å². The van der Waals surface area contributed by atoms with Gasteiger partial charge in [0.05, 0.1) is 17.7 Å². The Morgan fingerprint density at radius 2 is 2.25 bits per heavy atom. The molecule has 0 aliphatic carbocycles. The lowest BCUT2D eigenvalue weighted by Gasteiger charge is -2.33. The molecule has 1 aromatic carbocycles. The van der Waals surface area contributed by atoms with Crippen molar-refractivity contribution < 1.29 is 5.11 Å². The molecule has 1 unspecified atom stereocenters. The summed E-state index contributed by atoms with van der Waals surface area (Å²) in [5.41, 5.74) is 1.63. The number of β-amino-alcohol motifs (C(OH)–C–C–N with tert-alkyl or cyclic N) is 1. The predicted octanol–water partition coefficient (Wildman–Crippen LogP) is 1.91. The number of hydrogen-bond acceptors (Lipinski definition) is 3. The summed E-state index contributed by atoms with van der Waals surface area (Å²) in [6, 6.07) is 9.68. The van der Waals surface area contributed by atoms with Gasteiger partial charge in [-0.2, -0.15) is 5.26 Å². The van der Waals surface area contributed by atoms with Crippen molar-refractivity contribution in [2.45, 2.75) is 31.9 Å². The van der Waals surface area contributed by atoms with Crippen LogP contribution in [0.4, 0.5) is 5.69 Å². The summed E-state index contributed by atoms with van der Waals surface area (Å²) < 4.78 is 0. The van der Waals surface area contributed by atoms with E-state index in [1.165, 1.54) is 0 Å². The van der Waals surface area contributed by atoms with E-state index in [-0.39, 0.29) is 11.6 Å². The van der Waals surface area contributed by atoms with Crippen molar-refractivity contribution in [3.63, 3.8) is 0 Å². The lowest BCUT2D eigenvalue weighted by Crippen LogP contribution is -2.38. The van der Waals surface area contributed by atoms with E-state index in [1.807, 2.05) is 18.2 Å². The van der Waals surface area contributed by atoms with Crippen LogP contribution < -0.4 is 4.90 Å². The van der Waals surface area contributed by atoms with Crippen LogP contribution in [0, 0.1) is 11.3 Å². The first-order valence-corrected chi connectivity index (χ1v) is 5.49. The Morgan fingerprint density at radius 1 is 1.50 bits per heavy atom. The number of hydrogen-bond donors (Lipinski definition) is 1. The molecule has 1 saturated heterocycles. The van der Waals surface area contributed by atoms with Crippen molar-refractivity contribution in [1.29, 1.82) is 5.26 Å². The normalized spacial score (nSPS) is 23.1. The molecular formula is C13H16N2O. The van der Waals surface area contributed by atoms with E-state index < -0.39 is 0 Å². The fourth-order valence-electron chi connectivity index (χ4n) is 2.41. The molecule has 3 nitrogen and oxygen atoms in total. The van der Waals surface area contributed by atoms with Crippen molar-refractivity contribution in [2.75, 3.05) is 11.4 Å². The minimum atomic E-state index is -0.277. The molecule has 0 aromatic heterocycles. The molecule has 1 aliphatic heterocycles. The second-order valence-electron chi connectivity index (χ2n) is 4.94. The molecule has 1 aliphatic rings. The zero-order valence-electron chi connectivity index (χ0n) is 9.64. The largest absolute Gasteiger partial charge is 0.391 e. The summed E-state index contributed by atoms with van der Waals surface area (Å²) in [5.74, 6) is 0. The Morgan fingerprint density at radius 3 is 2.81 bits per heavy atom. The second-order valence-corrected chi connectivity index (χ2v) is 4.94. The van der Waals surface area contributed by atoms with Gasteiger partial charge in [0.2, 0.25) is 0 Å². The van der Waals surface area contributed by atoms with Crippen LogP contribution in [-0.2, 0) is 0 Å². The van der Waals surface area contributed by atoms with Gasteiger partial charge in [0, 0.05) is 17.8 Å². The number of aliphatic hydroxyl groups is 1. The van der Waals surface area contributed by atoms with Gasteiger partial charge < -0.3 is 10.0 Å². The molecule has 3 heteroatoms. The van der Waals surface area contributed by atoms with Gasteiger partial charge in [0.15, 0.2) is 0 Å². The zero-order chi connectivity index (χ0) is 11.8. The summed E-state index contributed by atoms with van der Waals surface area (Å²) in [7, 11) is 0. The van der Waals surface area contributed by atoms with E-state index in [0.29, 0.717) is 12.1 Å². The monoisotopic (exact) mass is 216 g/mol. The fourth-order valence-corrected chi connectivity index (χ4v) is 2.41. The number of benzene rings is 1. The van der Waals surface area contributed by atoms with E-state index in [0.717, 1.165) is 12.1 Å². The Labute approximate surface area is 95.9 Å². The van der Waals surface area contributed by atoms with Crippen molar-refractivity contribution >= 4 is 5.69 Å². The zero-order valence-corrected chi connectivity index (χ0v) is 9.64. The highest BCUT2D eigenvalue weighted by atomic mass is 16.3. The topological polar surface area (TPSA) is 47.3 Å². The number of nitrogens with zero attached hydrogens (tertiary/aromatic N) is 2. The molecule has 1 atom stereocenters. The third kappa shape index (κ3) is 1.89. The molecule has 1 fully saturated rings. The van der Waals surface area contributed by atoms with Crippen molar-refractivity contribution in [2.24, 2.45) is 0 Å². The molecule has 16 heavy (non-hydrogen) atoms. The van der Waals surface area contributed by atoms with E-state index in [4.69, 9.17) is 5.26 Å². The highest BCUT2D eigenvalue weighted by Crippen LogP contribution is 2.33. The highest BCUT2D eigenvalue weighted by molar-refractivity contribution is 5.54. The second kappa shape index (κ2) is 3.80. The number of nitriles is 1. The smallest absolute Gasteiger partial charge is 0.0992 e. The molecule has 84 valence electrons. The lowest BCUT2D eigenvalue weighted by atomic mass is 10.0. The van der Waals surface area contributed by atoms with Crippen LogP contribution in [0.15, 0.2) is 24.3 Å². The average molecular weight is 216 g/mol. The minimum Gasteiger partial charge on any atom is -0.391 e. The molecule has 2 rings (SSSR count). The van der Waals surface area contributed by atoms with Crippen molar-refractivity contribution in [3.05, 3.63) is 29.8 Å². The first-order chi connectivity index (χ1) is 7.53. The molecule has 0 spiro atoms. The van der Waals surface area contributed by atoms with Crippen LogP contribution in [0.5, 0.6) is 0 Å². The van der Waals surface area contributed by atoms with Gasteiger partial charge in [-0.1, -0.05) is 6.07 Å². The predicted molar refractivity (Wildman–Crippen MR) is 63.2 cm³/mol. The van der Waals surface area contributed by atoms with Gasteiger partial charge in [-0.25, -0.2) is 0 Å². The maximum atomic E-state index is 9.72. The number of aliphatic hydroxyl groups excluding tert-OH is 1. The molecular weight excluding hydrogens is 200 g/mol. The molecule has 0 bridgehead atoms. The number of rotatable bonds is 1. The highest BCUT2D eigenvalue weighted by Gasteiger charge is 2.37. The van der Waals surface area contributed by atoms with E-state index in [1.54, 1.807) is 6.07 Å². The summed E-state index contributed by atoms with van der Waals surface area (Å²) in [5, 5.41) is 18.6. The van der Waals surface area contributed by atoms with Crippen LogP contribution >= 0.6 is 0 Å². The van der Waals surface area contributed by atoms with Gasteiger partial charge in [0.1, 0.15) is 0 Å². The third-order valence-corrected chi connectivity index (χ3v) is 3.15. The Hall–Kier alpha value is -1.53. The molecule has 1 aromatic rings. The van der Waals surface area contributed by atoms with Gasteiger partial charge in [-0.15, -0.1) is 0 Å². The van der Waals surface area contributed by atoms with Gasteiger partial charge in [0.25, 0.3) is 0 Å². The first kappa shape index (κ1) is 11.0. The SMILES string of the molecule is CC1(C)CC(O)CN1c1cccc(C#N)c1. The summed E-state index contributed by atoms with van der Waals surface area (Å²) in [4.78, 5) is 2.17. The first-order valence-electron chi connectivity index (χ1n) is 5.49. The molecule has 0 saturated carbocycles. The van der Waals surface area contributed by atoms with Gasteiger partial charge in [-0.3, -0.25) is 0 Å². The summed E-state index contributed by atoms with van der Waals surface area (Å²) in [6.45, 7) is 4.87.